The molecule has 0 atom stereocenters. The SMILES string of the molecule is NS(=O)(=O)c1ccc2c(c1)CCN2C(=O)c1sccc1Cl. The van der Waals surface area contributed by atoms with Crippen LogP contribution >= 0.6 is 22.9 Å². The van der Waals surface area contributed by atoms with E-state index in [0.29, 0.717) is 28.6 Å². The zero-order valence-corrected chi connectivity index (χ0v) is 13.1. The number of benzene rings is 1. The molecule has 5 nitrogen and oxygen atoms in total. The second-order valence-corrected chi connectivity index (χ2v) is 7.52. The van der Waals surface area contributed by atoms with Crippen LogP contribution in [-0.4, -0.2) is 20.9 Å². The lowest BCUT2D eigenvalue weighted by molar-refractivity contribution is 0.0993. The second-order valence-electron chi connectivity index (χ2n) is 4.64. The predicted molar refractivity (Wildman–Crippen MR) is 82.5 cm³/mol. The minimum atomic E-state index is -3.73. The highest BCUT2D eigenvalue weighted by molar-refractivity contribution is 7.89. The van der Waals surface area contributed by atoms with Gasteiger partial charge in [-0.1, -0.05) is 11.6 Å². The van der Waals surface area contributed by atoms with Crippen LogP contribution in [0.2, 0.25) is 5.02 Å². The van der Waals surface area contributed by atoms with Crippen LogP contribution in [0.4, 0.5) is 5.69 Å². The van der Waals surface area contributed by atoms with E-state index in [2.05, 4.69) is 0 Å². The van der Waals surface area contributed by atoms with Crippen molar-refractivity contribution in [2.75, 3.05) is 11.4 Å². The molecular formula is C13H11ClN2O3S2. The zero-order chi connectivity index (χ0) is 15.2. The molecule has 0 aliphatic carbocycles. The van der Waals surface area contributed by atoms with Crippen LogP contribution in [0.5, 0.6) is 0 Å². The number of thiophene rings is 1. The molecular weight excluding hydrogens is 332 g/mol. The van der Waals surface area contributed by atoms with Gasteiger partial charge in [0.1, 0.15) is 4.88 Å². The molecule has 0 unspecified atom stereocenters. The summed E-state index contributed by atoms with van der Waals surface area (Å²) in [5, 5.41) is 7.31. The number of carbonyl (C=O) groups excluding carboxylic acids is 1. The Kier molecular flexibility index (Phi) is 3.53. The van der Waals surface area contributed by atoms with Crippen molar-refractivity contribution in [3.05, 3.63) is 45.1 Å². The molecule has 0 bridgehead atoms. The Hall–Kier alpha value is -1.41. The zero-order valence-electron chi connectivity index (χ0n) is 10.7. The molecule has 1 aliphatic rings. The van der Waals surface area contributed by atoms with Crippen molar-refractivity contribution < 1.29 is 13.2 Å². The minimum Gasteiger partial charge on any atom is -0.307 e. The van der Waals surface area contributed by atoms with Gasteiger partial charge >= 0.3 is 0 Å². The van der Waals surface area contributed by atoms with Gasteiger partial charge in [-0.3, -0.25) is 4.79 Å². The summed E-state index contributed by atoms with van der Waals surface area (Å²) in [6, 6.07) is 6.23. The van der Waals surface area contributed by atoms with Crippen molar-refractivity contribution in [1.82, 2.24) is 0 Å². The number of hydrogen-bond acceptors (Lipinski definition) is 4. The first-order valence-electron chi connectivity index (χ1n) is 6.08. The number of fused-ring (bicyclic) bond motifs is 1. The highest BCUT2D eigenvalue weighted by Crippen LogP contribution is 2.33. The van der Waals surface area contributed by atoms with Gasteiger partial charge in [0.25, 0.3) is 5.91 Å². The van der Waals surface area contributed by atoms with E-state index in [1.54, 1.807) is 22.4 Å². The van der Waals surface area contributed by atoms with Gasteiger partial charge in [0, 0.05) is 12.2 Å². The Morgan fingerprint density at radius 1 is 1.33 bits per heavy atom. The van der Waals surface area contributed by atoms with E-state index >= 15 is 0 Å². The van der Waals surface area contributed by atoms with E-state index in [1.165, 1.54) is 23.5 Å². The maximum Gasteiger partial charge on any atom is 0.269 e. The molecule has 1 aliphatic heterocycles. The monoisotopic (exact) mass is 342 g/mol. The van der Waals surface area contributed by atoms with Gasteiger partial charge in [-0.05, 0) is 41.6 Å². The normalized spacial score (nSPS) is 14.3. The molecule has 21 heavy (non-hydrogen) atoms. The fourth-order valence-electron chi connectivity index (χ4n) is 2.33. The highest BCUT2D eigenvalue weighted by Gasteiger charge is 2.28. The largest absolute Gasteiger partial charge is 0.307 e. The average Bonchev–Trinajstić information content (AvgIpc) is 3.02. The third-order valence-electron chi connectivity index (χ3n) is 3.33. The Morgan fingerprint density at radius 2 is 2.10 bits per heavy atom. The lowest BCUT2D eigenvalue weighted by Gasteiger charge is -2.16. The lowest BCUT2D eigenvalue weighted by atomic mass is 10.2. The summed E-state index contributed by atoms with van der Waals surface area (Å²) in [6.45, 7) is 0.496. The molecule has 0 radical (unpaired) electrons. The Balaban J connectivity index is 1.98. The summed E-state index contributed by atoms with van der Waals surface area (Å²) in [6.07, 6.45) is 0.591. The average molecular weight is 343 g/mol. The van der Waals surface area contributed by atoms with Gasteiger partial charge in [0.2, 0.25) is 10.0 Å². The van der Waals surface area contributed by atoms with Crippen LogP contribution in [-0.2, 0) is 16.4 Å². The number of anilines is 1. The molecule has 1 amide bonds. The lowest BCUT2D eigenvalue weighted by Crippen LogP contribution is -2.28. The van der Waals surface area contributed by atoms with Crippen molar-refractivity contribution in [2.45, 2.75) is 11.3 Å². The van der Waals surface area contributed by atoms with E-state index in [9.17, 15) is 13.2 Å². The van der Waals surface area contributed by atoms with E-state index in [0.717, 1.165) is 5.56 Å². The van der Waals surface area contributed by atoms with Crippen molar-refractivity contribution in [2.24, 2.45) is 5.14 Å². The van der Waals surface area contributed by atoms with E-state index < -0.39 is 10.0 Å². The van der Waals surface area contributed by atoms with Crippen LogP contribution in [0, 0.1) is 0 Å². The minimum absolute atomic E-state index is 0.0599. The summed E-state index contributed by atoms with van der Waals surface area (Å²) in [5.41, 5.74) is 1.50. The molecule has 1 aromatic carbocycles. The second kappa shape index (κ2) is 5.10. The number of nitrogens with zero attached hydrogens (tertiary/aromatic N) is 1. The topological polar surface area (TPSA) is 80.5 Å². The Bertz CT molecular complexity index is 830. The number of halogens is 1. The molecule has 0 saturated heterocycles. The van der Waals surface area contributed by atoms with E-state index in [1.807, 2.05) is 0 Å². The summed E-state index contributed by atoms with van der Waals surface area (Å²) in [7, 11) is -3.73. The maximum absolute atomic E-state index is 12.5. The molecule has 3 rings (SSSR count). The number of nitrogens with two attached hydrogens (primary N) is 1. The molecule has 1 aromatic heterocycles. The summed E-state index contributed by atoms with van der Waals surface area (Å²) < 4.78 is 22.7. The van der Waals surface area contributed by atoms with Gasteiger partial charge in [-0.25, -0.2) is 13.6 Å². The molecule has 8 heteroatoms. The van der Waals surface area contributed by atoms with Crippen molar-refractivity contribution >= 4 is 44.6 Å². The standard InChI is InChI=1S/C13H11ClN2O3S2/c14-10-4-6-20-12(10)13(17)16-5-3-8-7-9(21(15,18)19)1-2-11(8)16/h1-2,4,6-7H,3,5H2,(H2,15,18,19). The number of hydrogen-bond donors (Lipinski definition) is 1. The summed E-state index contributed by atoms with van der Waals surface area (Å²) >= 11 is 7.28. The fraction of sp³-hybridized carbons (Fsp3) is 0.154. The van der Waals surface area contributed by atoms with Crippen molar-refractivity contribution in [3.8, 4) is 0 Å². The molecule has 0 saturated carbocycles. The number of rotatable bonds is 2. The molecule has 2 heterocycles. The summed E-state index contributed by atoms with van der Waals surface area (Å²) in [5.74, 6) is -0.169. The fourth-order valence-corrected chi connectivity index (χ4v) is 3.98. The predicted octanol–water partition coefficient (Wildman–Crippen LogP) is 2.25. The first-order valence-corrected chi connectivity index (χ1v) is 8.89. The third kappa shape index (κ3) is 2.57. The van der Waals surface area contributed by atoms with Crippen LogP contribution in [0.1, 0.15) is 15.2 Å². The molecule has 0 spiro atoms. The third-order valence-corrected chi connectivity index (χ3v) is 5.57. The first kappa shape index (κ1) is 14.5. The van der Waals surface area contributed by atoms with Gasteiger partial charge in [0.05, 0.1) is 9.92 Å². The smallest absolute Gasteiger partial charge is 0.269 e. The van der Waals surface area contributed by atoms with Crippen LogP contribution in [0.3, 0.4) is 0 Å². The number of primary sulfonamides is 1. The molecule has 0 fully saturated rings. The van der Waals surface area contributed by atoms with Gasteiger partial charge < -0.3 is 4.90 Å². The van der Waals surface area contributed by atoms with Crippen LogP contribution in [0.25, 0.3) is 0 Å². The number of sulfonamides is 1. The molecule has 2 N–H and O–H groups in total. The van der Waals surface area contributed by atoms with Crippen LogP contribution in [0.15, 0.2) is 34.5 Å². The quantitative estimate of drug-likeness (QED) is 0.908. The Morgan fingerprint density at radius 3 is 2.71 bits per heavy atom. The highest BCUT2D eigenvalue weighted by atomic mass is 35.5. The Labute approximate surface area is 131 Å². The molecule has 110 valence electrons. The van der Waals surface area contributed by atoms with Gasteiger partial charge in [-0.15, -0.1) is 11.3 Å². The maximum atomic E-state index is 12.5. The van der Waals surface area contributed by atoms with Crippen LogP contribution < -0.4 is 10.0 Å². The molecule has 2 aromatic rings. The number of amides is 1. The van der Waals surface area contributed by atoms with Crippen molar-refractivity contribution in [3.63, 3.8) is 0 Å². The van der Waals surface area contributed by atoms with Gasteiger partial charge in [-0.2, -0.15) is 0 Å². The summed E-state index contributed by atoms with van der Waals surface area (Å²) in [4.78, 5) is 14.6. The number of carbonyl (C=O) groups is 1. The van der Waals surface area contributed by atoms with Crippen molar-refractivity contribution in [1.29, 1.82) is 0 Å². The van der Waals surface area contributed by atoms with E-state index in [-0.39, 0.29) is 10.8 Å². The van der Waals surface area contributed by atoms with E-state index in [4.69, 9.17) is 16.7 Å². The van der Waals surface area contributed by atoms with Gasteiger partial charge in [0.15, 0.2) is 0 Å². The first-order chi connectivity index (χ1) is 9.88.